The molecule has 3 aliphatic heterocycles. The number of benzene rings is 18. The topological polar surface area (TPSA) is 6.48 Å². The van der Waals surface area contributed by atoms with Crippen molar-refractivity contribution in [1.29, 1.82) is 0 Å². The SMILES string of the molecule is IC[C@@H]1CN2CCN1C13c4c5c6c7c8c9c(c%10c%11c1c1c4c4c%12c5c5c6c6c8c8c%13c9c9c%10c%10c%11c%11c1c1c4c4c%12c%12c5c5c6c8c6c8c%13c9c9c%10c%10c%11c1c1c4c4c%12c5c6c5c8c9c%10c1c45)C723. The first-order valence-electron chi connectivity index (χ1n) is 25.7. The highest BCUT2D eigenvalue weighted by Crippen LogP contribution is 2.86. The van der Waals surface area contributed by atoms with Crippen LogP contribution in [-0.4, -0.2) is 39.9 Å². The zero-order valence-corrected chi connectivity index (χ0v) is 36.8. The van der Waals surface area contributed by atoms with E-state index in [0.29, 0.717) is 6.04 Å². The van der Waals surface area contributed by atoms with Crippen LogP contribution in [0.4, 0.5) is 0 Å². The van der Waals surface area contributed by atoms with Gasteiger partial charge in [0.2, 0.25) is 0 Å². The Kier molecular flexibility index (Phi) is 2.13. The molecule has 3 heteroatoms. The normalized spacial score (nSPS) is 27.0. The van der Waals surface area contributed by atoms with E-state index in [2.05, 4.69) is 32.4 Å². The third-order valence-electron chi connectivity index (χ3n) is 25.8. The Morgan fingerprint density at radius 3 is 0.618 bits per heavy atom. The van der Waals surface area contributed by atoms with Gasteiger partial charge in [-0.05, 0) is 313 Å². The third kappa shape index (κ3) is 1.29. The van der Waals surface area contributed by atoms with Crippen LogP contribution in [0.15, 0.2) is 0 Å². The Morgan fingerprint density at radius 1 is 0.250 bits per heavy atom. The molecule has 0 N–H and O–H groups in total. The Labute approximate surface area is 384 Å². The van der Waals surface area contributed by atoms with Crippen molar-refractivity contribution < 1.29 is 0 Å². The van der Waals surface area contributed by atoms with E-state index in [1.165, 1.54) is 11.0 Å². The lowest BCUT2D eigenvalue weighted by Gasteiger charge is -2.71. The van der Waals surface area contributed by atoms with Crippen molar-refractivity contribution in [2.75, 3.05) is 24.1 Å². The van der Waals surface area contributed by atoms with Crippen LogP contribution in [0.2, 0.25) is 0 Å². The first-order valence-corrected chi connectivity index (χ1v) is 27.3. The lowest BCUT2D eigenvalue weighted by atomic mass is 9.53. The maximum absolute atomic E-state index is 3.29. The van der Waals surface area contributed by atoms with Gasteiger partial charge < -0.3 is 0 Å². The molecule has 2 spiro atoms. The molecule has 7 aliphatic rings. The molecule has 3 atom stereocenters. The van der Waals surface area contributed by atoms with Gasteiger partial charge in [0.1, 0.15) is 11.1 Å². The highest BCUT2D eigenvalue weighted by molar-refractivity contribution is 14.1. The van der Waals surface area contributed by atoms with E-state index in [4.69, 9.17) is 0 Å². The van der Waals surface area contributed by atoms with Crippen molar-refractivity contribution in [3.8, 4) is 0 Å². The molecule has 4 aliphatic carbocycles. The van der Waals surface area contributed by atoms with Crippen LogP contribution in [0.3, 0.4) is 0 Å². The third-order valence-corrected chi connectivity index (χ3v) is 26.8. The van der Waals surface area contributed by atoms with Crippen molar-refractivity contribution >= 4 is 313 Å². The number of fused-ring (bicyclic) bond motifs is 2. The Morgan fingerprint density at radius 2 is 0.426 bits per heavy atom. The molecule has 286 valence electrons. The summed E-state index contributed by atoms with van der Waals surface area (Å²) in [4.78, 5) is 6.53. The minimum Gasteiger partial charge on any atom is -0.285 e. The molecule has 28 aromatic rings. The van der Waals surface area contributed by atoms with Gasteiger partial charge in [-0.2, -0.15) is 0 Å². The summed E-state index contributed by atoms with van der Waals surface area (Å²) >= 11 is 2.83. The van der Waals surface area contributed by atoms with Gasteiger partial charge in [0, 0.05) is 30.1 Å². The predicted octanol–water partition coefficient (Wildman–Crippen LogP) is 16.6. The van der Waals surface area contributed by atoms with Crippen LogP contribution in [0.5, 0.6) is 0 Å². The van der Waals surface area contributed by atoms with E-state index in [9.17, 15) is 0 Å². The summed E-state index contributed by atoms with van der Waals surface area (Å²) in [5.41, 5.74) is 6.65. The maximum Gasteiger partial charge on any atom is 0.102 e. The van der Waals surface area contributed by atoms with Gasteiger partial charge in [0.05, 0.1) is 0 Å². The molecule has 0 saturated carbocycles. The summed E-state index contributed by atoms with van der Waals surface area (Å²) in [5.74, 6) is 0. The number of nitrogens with zero attached hydrogens (tertiary/aromatic N) is 2. The van der Waals surface area contributed by atoms with E-state index < -0.39 is 0 Å². The van der Waals surface area contributed by atoms with Crippen LogP contribution in [0.1, 0.15) is 22.3 Å². The fourth-order valence-corrected chi connectivity index (χ4v) is 26.7. The summed E-state index contributed by atoms with van der Waals surface area (Å²) in [6.45, 7) is 3.49. The molecular formula is C65H9IN2. The summed E-state index contributed by atoms with van der Waals surface area (Å²) < 4.78 is 1.18. The highest BCUT2D eigenvalue weighted by Gasteiger charge is 2.77. The van der Waals surface area contributed by atoms with Gasteiger partial charge in [-0.15, -0.1) is 0 Å². The zero-order valence-electron chi connectivity index (χ0n) is 34.7. The molecule has 35 rings (SSSR count). The molecule has 2 unspecified atom stereocenters. The van der Waals surface area contributed by atoms with Gasteiger partial charge in [0.15, 0.2) is 0 Å². The van der Waals surface area contributed by atoms with Crippen LogP contribution in [-0.2, 0) is 11.1 Å². The Hall–Kier alpha value is -6.89. The number of hydrogen-bond donors (Lipinski definition) is 0. The van der Waals surface area contributed by atoms with Crippen LogP contribution < -0.4 is 0 Å². The molecule has 68 heavy (non-hydrogen) atoms. The van der Waals surface area contributed by atoms with Crippen LogP contribution in [0.25, 0.3) is 291 Å². The number of piperazine rings is 3. The monoisotopic (exact) mass is 944 g/mol. The number of hydrogen-bond acceptors (Lipinski definition) is 2. The van der Waals surface area contributed by atoms with Gasteiger partial charge in [0.25, 0.3) is 0 Å². The summed E-state index contributed by atoms with van der Waals surface area (Å²) in [6.07, 6.45) is 0. The molecule has 3 heterocycles. The second-order valence-corrected chi connectivity index (χ2v) is 26.5. The fraction of sp³-hybridized carbons (Fsp3) is 0.108. The van der Waals surface area contributed by atoms with Gasteiger partial charge >= 0.3 is 0 Å². The molecule has 3 saturated heterocycles. The van der Waals surface area contributed by atoms with Gasteiger partial charge in [-0.3, -0.25) is 9.80 Å². The molecule has 0 radical (unpaired) electrons. The van der Waals surface area contributed by atoms with Crippen molar-refractivity contribution in [2.45, 2.75) is 17.1 Å². The quantitative estimate of drug-likeness (QED) is 0.0919. The Bertz CT molecular complexity index is 6950. The fourth-order valence-electron chi connectivity index (χ4n) is 25.9. The number of rotatable bonds is 1. The lowest BCUT2D eigenvalue weighted by Crippen LogP contribution is -2.80. The average molecular weight is 945 g/mol. The van der Waals surface area contributed by atoms with Crippen LogP contribution >= 0.6 is 22.6 Å². The van der Waals surface area contributed by atoms with Crippen LogP contribution in [0, 0.1) is 0 Å². The van der Waals surface area contributed by atoms with E-state index in [1.807, 2.05) is 0 Å². The second-order valence-electron chi connectivity index (χ2n) is 25.6. The predicted molar refractivity (Wildman–Crippen MR) is 295 cm³/mol. The molecule has 2 nitrogen and oxygen atoms in total. The van der Waals surface area contributed by atoms with E-state index in [0.717, 1.165) is 13.1 Å². The molecule has 0 aromatic heterocycles. The number of halogens is 1. The average Bonchev–Trinajstić information content (AvgIpc) is 4.24. The van der Waals surface area contributed by atoms with Gasteiger partial charge in [-0.1, -0.05) is 22.6 Å². The molecule has 28 aromatic carbocycles. The minimum absolute atomic E-state index is 0.265. The Balaban J connectivity index is 1.22. The number of alkyl halides is 1. The molecule has 3 fully saturated rings. The molecule has 0 amide bonds. The van der Waals surface area contributed by atoms with E-state index >= 15 is 0 Å². The first kappa shape index (κ1) is 25.5. The highest BCUT2D eigenvalue weighted by atomic mass is 127. The standard InChI is InChI=1S/C65H9IN2/c66-3-5-4-67-1-2-68(5)65-62-56-50-40-32-22-14-10-7-6-8-12(14)20-28(22)42(50)48-38-30(20)24-16(8)17-9(6)13-15-11(7)19-18(10)26(32)36-37-27(19)33-23(15)29-21(13)31-25(17)35-34(24)44(38)52-53-45(35)39(31)49-43(29)51-41(33)47(37)59(58(62)46(36)40)63(65)57(51)55(49)61(53)64(65,67)60(52)54(48)56/h5H,1-4H2/t5-,64?,65?/m1/s1. The largest absolute Gasteiger partial charge is 0.285 e. The lowest BCUT2D eigenvalue weighted by molar-refractivity contribution is -0.153. The molecule has 2 bridgehead atoms. The van der Waals surface area contributed by atoms with Gasteiger partial charge in [-0.25, -0.2) is 0 Å². The first-order chi connectivity index (χ1) is 33.9. The van der Waals surface area contributed by atoms with Crippen molar-refractivity contribution in [3.63, 3.8) is 0 Å². The smallest absolute Gasteiger partial charge is 0.102 e. The van der Waals surface area contributed by atoms with Crippen molar-refractivity contribution in [2.24, 2.45) is 0 Å². The summed E-state index contributed by atoms with van der Waals surface area (Å²) in [7, 11) is 0. The summed E-state index contributed by atoms with van der Waals surface area (Å²) in [6, 6.07) is 0.513. The molecular weight excluding hydrogens is 936 g/mol. The zero-order chi connectivity index (χ0) is 40.0. The van der Waals surface area contributed by atoms with Crippen molar-refractivity contribution in [1.82, 2.24) is 9.80 Å². The summed E-state index contributed by atoms with van der Waals surface area (Å²) in [5, 5.41) is 91.4. The van der Waals surface area contributed by atoms with E-state index in [1.54, 1.807) is 313 Å². The second kappa shape index (κ2) is 5.69. The van der Waals surface area contributed by atoms with E-state index in [-0.39, 0.29) is 11.1 Å². The van der Waals surface area contributed by atoms with Crippen molar-refractivity contribution in [3.05, 3.63) is 22.3 Å². The minimum atomic E-state index is -0.273. The maximum atomic E-state index is 3.29.